The number of aryl methyl sites for hydroxylation is 3. The van der Waals surface area contributed by atoms with Crippen molar-refractivity contribution in [2.45, 2.75) is 71.5 Å². The van der Waals surface area contributed by atoms with Crippen LogP contribution >= 0.6 is 0 Å². The van der Waals surface area contributed by atoms with E-state index >= 15 is 0 Å². The predicted molar refractivity (Wildman–Crippen MR) is 184 cm³/mol. The lowest BCUT2D eigenvalue weighted by Gasteiger charge is -2.28. The monoisotopic (exact) mass is 694 g/mol. The van der Waals surface area contributed by atoms with Crippen molar-refractivity contribution in [1.82, 2.24) is 19.4 Å². The summed E-state index contributed by atoms with van der Waals surface area (Å²) < 4.78 is 69.1. The number of hydrogen-bond acceptors (Lipinski definition) is 4. The van der Waals surface area contributed by atoms with Crippen LogP contribution in [0.2, 0.25) is 0 Å². The molecule has 5 rings (SSSR count). The Morgan fingerprint density at radius 2 is 1.52 bits per heavy atom. The van der Waals surface area contributed by atoms with Gasteiger partial charge in [0.25, 0.3) is 5.56 Å². The Morgan fingerprint density at radius 1 is 0.840 bits per heavy atom. The normalized spacial score (nSPS) is 12.8. The lowest BCUT2D eigenvalue weighted by atomic mass is 10.0. The number of carbonyl (C=O) groups is 1. The minimum atomic E-state index is -4.38. The molecule has 1 amide bonds. The summed E-state index contributed by atoms with van der Waals surface area (Å²) in [6.45, 7) is 7.57. The molecule has 0 N–H and O–H groups in total. The van der Waals surface area contributed by atoms with Crippen LogP contribution in [0.25, 0.3) is 11.1 Å². The van der Waals surface area contributed by atoms with Gasteiger partial charge in [-0.05, 0) is 92.1 Å². The van der Waals surface area contributed by atoms with E-state index in [1.54, 1.807) is 0 Å². The molecule has 50 heavy (non-hydrogen) atoms. The molecule has 1 heterocycles. The van der Waals surface area contributed by atoms with Gasteiger partial charge in [-0.2, -0.15) is 18.2 Å². The molecule has 6 nitrogen and oxygen atoms in total. The van der Waals surface area contributed by atoms with Gasteiger partial charge in [0.05, 0.1) is 5.56 Å². The van der Waals surface area contributed by atoms with Crippen molar-refractivity contribution in [3.63, 3.8) is 0 Å². The van der Waals surface area contributed by atoms with Gasteiger partial charge in [-0.25, -0.2) is 8.78 Å². The summed E-state index contributed by atoms with van der Waals surface area (Å²) in [5.41, 5.74) is 3.15. The number of carbonyl (C=O) groups excluding carboxylic acids is 1. The summed E-state index contributed by atoms with van der Waals surface area (Å²) in [7, 11) is 0. The molecule has 0 radical (unpaired) electrons. The zero-order valence-corrected chi connectivity index (χ0v) is 28.5. The van der Waals surface area contributed by atoms with Gasteiger partial charge in [0, 0.05) is 37.3 Å². The van der Waals surface area contributed by atoms with E-state index in [0.29, 0.717) is 62.3 Å². The summed E-state index contributed by atoms with van der Waals surface area (Å²) >= 11 is 0. The van der Waals surface area contributed by atoms with E-state index in [4.69, 9.17) is 0 Å². The van der Waals surface area contributed by atoms with Crippen molar-refractivity contribution in [2.75, 3.05) is 32.7 Å². The van der Waals surface area contributed by atoms with Gasteiger partial charge >= 0.3 is 6.18 Å². The first-order chi connectivity index (χ1) is 24.0. The predicted octanol–water partition coefficient (Wildman–Crippen LogP) is 7.28. The molecule has 11 heteroatoms. The largest absolute Gasteiger partial charge is 0.416 e. The number of halogens is 5. The first-order valence-electron chi connectivity index (χ1n) is 17.3. The molecule has 0 fully saturated rings. The summed E-state index contributed by atoms with van der Waals surface area (Å²) in [6.07, 6.45) is -0.664. The smallest absolute Gasteiger partial charge is 0.340 e. The summed E-state index contributed by atoms with van der Waals surface area (Å²) in [4.78, 5) is 35.4. The van der Waals surface area contributed by atoms with Crippen molar-refractivity contribution in [2.24, 2.45) is 0 Å². The van der Waals surface area contributed by atoms with Crippen LogP contribution in [0, 0.1) is 11.6 Å². The van der Waals surface area contributed by atoms with E-state index < -0.39 is 23.4 Å². The van der Waals surface area contributed by atoms with Crippen LogP contribution in [-0.4, -0.2) is 58.0 Å². The Bertz CT molecular complexity index is 1820. The third-order valence-electron chi connectivity index (χ3n) is 9.58. The number of alkyl halides is 3. The van der Waals surface area contributed by atoms with E-state index in [9.17, 15) is 31.5 Å². The van der Waals surface area contributed by atoms with E-state index in [1.807, 2.05) is 33.7 Å². The summed E-state index contributed by atoms with van der Waals surface area (Å²) in [5.74, 6) is -1.57. The summed E-state index contributed by atoms with van der Waals surface area (Å²) in [5, 5.41) is 0. The maximum Gasteiger partial charge on any atom is 0.416 e. The molecule has 0 aliphatic heterocycles. The van der Waals surface area contributed by atoms with Crippen molar-refractivity contribution in [3.05, 3.63) is 122 Å². The molecule has 1 aliphatic carbocycles. The van der Waals surface area contributed by atoms with Crippen LogP contribution < -0.4 is 5.56 Å². The number of likely N-dealkylation sites (N-methyl/N-ethyl adjacent to an activating group) is 1. The van der Waals surface area contributed by atoms with Gasteiger partial charge in [0.15, 0.2) is 11.6 Å². The minimum Gasteiger partial charge on any atom is -0.340 e. The van der Waals surface area contributed by atoms with Crippen molar-refractivity contribution in [3.8, 4) is 11.1 Å². The Morgan fingerprint density at radius 3 is 2.18 bits per heavy atom. The molecule has 0 saturated carbocycles. The third-order valence-corrected chi connectivity index (χ3v) is 9.58. The van der Waals surface area contributed by atoms with Crippen LogP contribution in [0.5, 0.6) is 0 Å². The topological polar surface area (TPSA) is 58.4 Å². The highest BCUT2D eigenvalue weighted by Crippen LogP contribution is 2.31. The first-order valence-corrected chi connectivity index (χ1v) is 17.3. The molecule has 0 spiro atoms. The molecule has 0 unspecified atom stereocenters. The molecule has 0 atom stereocenters. The fourth-order valence-electron chi connectivity index (χ4n) is 6.61. The second-order valence-corrected chi connectivity index (χ2v) is 12.7. The minimum absolute atomic E-state index is 0.00332. The van der Waals surface area contributed by atoms with Gasteiger partial charge in [-0.3, -0.25) is 9.59 Å². The van der Waals surface area contributed by atoms with Crippen molar-refractivity contribution < 1.29 is 26.7 Å². The lowest BCUT2D eigenvalue weighted by molar-refractivity contribution is -0.137. The van der Waals surface area contributed by atoms with Gasteiger partial charge in [-0.15, -0.1) is 0 Å². The van der Waals surface area contributed by atoms with E-state index in [-0.39, 0.29) is 36.4 Å². The van der Waals surface area contributed by atoms with Crippen LogP contribution in [0.15, 0.2) is 71.5 Å². The van der Waals surface area contributed by atoms with Crippen molar-refractivity contribution in [1.29, 1.82) is 0 Å². The zero-order chi connectivity index (χ0) is 35.8. The maximum absolute atomic E-state index is 14.5. The quantitative estimate of drug-likeness (QED) is 0.123. The average Bonchev–Trinajstić information content (AvgIpc) is 3.61. The van der Waals surface area contributed by atoms with E-state index in [0.717, 1.165) is 54.5 Å². The number of hydrogen-bond donors (Lipinski definition) is 0. The van der Waals surface area contributed by atoms with E-state index in [1.165, 1.54) is 24.3 Å². The third kappa shape index (κ3) is 9.04. The number of benzene rings is 3. The highest BCUT2D eigenvalue weighted by Gasteiger charge is 2.30. The molecule has 1 aromatic heterocycles. The van der Waals surface area contributed by atoms with Gasteiger partial charge in [0.2, 0.25) is 5.91 Å². The molecule has 3 aromatic carbocycles. The second kappa shape index (κ2) is 16.6. The first kappa shape index (κ1) is 36.9. The number of nitrogens with zero attached hydrogens (tertiary/aromatic N) is 4. The van der Waals surface area contributed by atoms with Crippen molar-refractivity contribution >= 4 is 5.91 Å². The molecule has 4 aromatic rings. The number of rotatable bonds is 15. The standard InChI is InChI=1S/C39H43F5N4O2/c1-3-46(4-2)24-25-47(23-7-8-27-13-15-28(16-14-27)29-17-20-31(21-18-29)39(42,43)44)36(49)26-48-34-12-6-10-32(34)38(50)45-35(48)22-19-30-9-5-11-33(40)37(30)41/h5,9,11,13-18,20-21H,3-4,6-8,10,12,19,22-26H2,1-2H3. The Labute approximate surface area is 289 Å². The molecule has 0 bridgehead atoms. The second-order valence-electron chi connectivity index (χ2n) is 12.7. The fraction of sp³-hybridized carbons (Fsp3) is 0.410. The SMILES string of the molecule is CCN(CC)CCN(CCCc1ccc(-c2ccc(C(F)(F)F)cc2)cc1)C(=O)Cn1c(CCc2cccc(F)c2F)nc(=O)c2c1CCC2. The highest BCUT2D eigenvalue weighted by molar-refractivity contribution is 5.76. The fourth-order valence-corrected chi connectivity index (χ4v) is 6.61. The van der Waals surface area contributed by atoms with Crippen LogP contribution in [0.3, 0.4) is 0 Å². The van der Waals surface area contributed by atoms with Crippen LogP contribution in [-0.2, 0) is 49.6 Å². The maximum atomic E-state index is 14.5. The molecule has 0 saturated heterocycles. The molecular weight excluding hydrogens is 651 g/mol. The molecule has 266 valence electrons. The number of aromatic nitrogens is 2. The number of fused-ring (bicyclic) bond motifs is 1. The summed E-state index contributed by atoms with van der Waals surface area (Å²) in [6, 6.07) is 16.8. The molecular formula is C39H43F5N4O2. The van der Waals surface area contributed by atoms with Gasteiger partial charge < -0.3 is 14.4 Å². The average molecular weight is 695 g/mol. The molecule has 1 aliphatic rings. The Hall–Kier alpha value is -4.38. The zero-order valence-electron chi connectivity index (χ0n) is 28.5. The Kier molecular flexibility index (Phi) is 12.2. The van der Waals surface area contributed by atoms with Crippen LogP contribution in [0.1, 0.15) is 60.5 Å². The van der Waals surface area contributed by atoms with E-state index in [2.05, 4.69) is 23.7 Å². The lowest BCUT2D eigenvalue weighted by Crippen LogP contribution is -2.41. The highest BCUT2D eigenvalue weighted by atomic mass is 19.4. The van der Waals surface area contributed by atoms with Gasteiger partial charge in [0.1, 0.15) is 12.4 Å². The van der Waals surface area contributed by atoms with Gasteiger partial charge in [-0.1, -0.05) is 62.4 Å². The number of amides is 1. The Balaban J connectivity index is 1.29. The van der Waals surface area contributed by atoms with Crippen LogP contribution in [0.4, 0.5) is 22.0 Å².